The predicted molar refractivity (Wildman–Crippen MR) is 71.7 cm³/mol. The molecule has 0 fully saturated rings. The summed E-state index contributed by atoms with van der Waals surface area (Å²) in [7, 11) is 0. The van der Waals surface area contributed by atoms with Crippen LogP contribution in [0.3, 0.4) is 0 Å². The van der Waals surface area contributed by atoms with Crippen molar-refractivity contribution in [2.24, 2.45) is 5.92 Å². The number of rotatable bonds is 7. The second-order valence-electron chi connectivity index (χ2n) is 4.42. The Hall–Kier alpha value is -1.36. The van der Waals surface area contributed by atoms with Crippen LogP contribution in [0.5, 0.6) is 0 Å². The maximum absolute atomic E-state index is 11.5. The predicted octanol–water partition coefficient (Wildman–Crippen LogP) is 2.46. The first-order valence-corrected chi connectivity index (χ1v) is 7.00. The van der Waals surface area contributed by atoms with Gasteiger partial charge in [-0.1, -0.05) is 13.8 Å². The zero-order chi connectivity index (χ0) is 13.4. The normalized spacial score (nSPS) is 10.4. The van der Waals surface area contributed by atoms with Gasteiger partial charge in [-0.05, 0) is 23.8 Å². The molecule has 0 aliphatic heterocycles. The Morgan fingerprint density at radius 3 is 2.83 bits per heavy atom. The molecule has 0 saturated carbocycles. The van der Waals surface area contributed by atoms with Crippen LogP contribution in [0.25, 0.3) is 0 Å². The lowest BCUT2D eigenvalue weighted by Crippen LogP contribution is -2.26. The van der Waals surface area contributed by atoms with Crippen molar-refractivity contribution in [3.05, 3.63) is 22.4 Å². The number of hydrogen-bond donors (Lipinski definition) is 1. The Morgan fingerprint density at radius 2 is 2.22 bits per heavy atom. The van der Waals surface area contributed by atoms with Crippen molar-refractivity contribution in [1.29, 1.82) is 0 Å². The lowest BCUT2D eigenvalue weighted by molar-refractivity contribution is -0.143. The highest BCUT2D eigenvalue weighted by atomic mass is 32.1. The van der Waals surface area contributed by atoms with Gasteiger partial charge in [-0.25, -0.2) is 0 Å². The minimum absolute atomic E-state index is 0.147. The molecule has 1 amide bonds. The molecule has 5 heteroatoms. The maximum atomic E-state index is 11.5. The molecule has 0 saturated heterocycles. The van der Waals surface area contributed by atoms with Crippen LogP contribution in [0.1, 0.15) is 37.0 Å². The molecule has 0 unspecified atom stereocenters. The summed E-state index contributed by atoms with van der Waals surface area (Å²) in [5, 5.41) is 6.30. The molecule has 1 aromatic rings. The van der Waals surface area contributed by atoms with Crippen LogP contribution >= 0.6 is 11.3 Å². The Bertz CT molecular complexity index is 374. The average molecular weight is 269 g/mol. The molecular formula is C13H19NO3S. The van der Waals surface area contributed by atoms with Crippen molar-refractivity contribution >= 4 is 23.2 Å². The minimum atomic E-state index is -0.263. The van der Waals surface area contributed by atoms with Gasteiger partial charge < -0.3 is 10.1 Å². The van der Waals surface area contributed by atoms with Crippen molar-refractivity contribution in [1.82, 2.24) is 5.32 Å². The number of carbonyl (C=O) groups excluding carboxylic acids is 2. The topological polar surface area (TPSA) is 55.4 Å². The van der Waals surface area contributed by atoms with Crippen LogP contribution < -0.4 is 5.32 Å². The zero-order valence-electron chi connectivity index (χ0n) is 10.8. The Balaban J connectivity index is 2.10. The molecule has 1 rings (SSSR count). The molecule has 1 N–H and O–H groups in total. The molecule has 0 aliphatic carbocycles. The lowest BCUT2D eigenvalue weighted by atomic mass is 10.1. The minimum Gasteiger partial charge on any atom is -0.466 e. The number of ether oxygens (including phenoxy) is 1. The summed E-state index contributed by atoms with van der Waals surface area (Å²) in [6.07, 6.45) is 1.08. The first-order valence-electron chi connectivity index (χ1n) is 6.05. The van der Waals surface area contributed by atoms with E-state index >= 15 is 0 Å². The fourth-order valence-corrected chi connectivity index (χ4v) is 1.89. The van der Waals surface area contributed by atoms with Crippen molar-refractivity contribution in [3.63, 3.8) is 0 Å². The van der Waals surface area contributed by atoms with Gasteiger partial charge in [0, 0.05) is 17.5 Å². The monoisotopic (exact) mass is 269 g/mol. The molecule has 0 radical (unpaired) electrons. The van der Waals surface area contributed by atoms with Crippen LogP contribution in [-0.4, -0.2) is 25.0 Å². The van der Waals surface area contributed by atoms with E-state index in [1.54, 1.807) is 11.4 Å². The van der Waals surface area contributed by atoms with Crippen LogP contribution in [0.2, 0.25) is 0 Å². The summed E-state index contributed by atoms with van der Waals surface area (Å²) in [6.45, 7) is 4.92. The van der Waals surface area contributed by atoms with Crippen molar-refractivity contribution in [2.75, 3.05) is 13.2 Å². The van der Waals surface area contributed by atoms with E-state index in [4.69, 9.17) is 4.74 Å². The molecule has 4 nitrogen and oxygen atoms in total. The van der Waals surface area contributed by atoms with E-state index in [0.717, 1.165) is 6.42 Å². The van der Waals surface area contributed by atoms with Crippen LogP contribution in [0.4, 0.5) is 0 Å². The second kappa shape index (κ2) is 7.87. The largest absolute Gasteiger partial charge is 0.466 e. The fraction of sp³-hybridized carbons (Fsp3) is 0.538. The molecule has 0 aliphatic rings. The fourth-order valence-electron chi connectivity index (χ4n) is 1.25. The quantitative estimate of drug-likeness (QED) is 0.774. The summed E-state index contributed by atoms with van der Waals surface area (Å²) in [5.41, 5.74) is 0.633. The molecule has 0 atom stereocenters. The van der Waals surface area contributed by atoms with E-state index in [-0.39, 0.29) is 18.3 Å². The standard InChI is InChI=1S/C13H19NO3S/c1-10(2)4-7-17-12(15)3-6-14-13(16)11-5-8-18-9-11/h5,8-10H,3-4,6-7H2,1-2H3,(H,14,16). The van der Waals surface area contributed by atoms with E-state index in [1.165, 1.54) is 11.3 Å². The van der Waals surface area contributed by atoms with Gasteiger partial charge in [0.25, 0.3) is 5.91 Å². The smallest absolute Gasteiger partial charge is 0.307 e. The SMILES string of the molecule is CC(C)CCOC(=O)CCNC(=O)c1ccsc1. The summed E-state index contributed by atoms with van der Waals surface area (Å²) < 4.78 is 5.04. The third-order valence-electron chi connectivity index (χ3n) is 2.36. The van der Waals surface area contributed by atoms with Crippen molar-refractivity contribution < 1.29 is 14.3 Å². The van der Waals surface area contributed by atoms with Crippen molar-refractivity contribution in [2.45, 2.75) is 26.7 Å². The third kappa shape index (κ3) is 5.82. The van der Waals surface area contributed by atoms with Gasteiger partial charge >= 0.3 is 5.97 Å². The summed E-state index contributed by atoms with van der Waals surface area (Å²) >= 11 is 1.47. The van der Waals surface area contributed by atoms with Gasteiger partial charge in [-0.2, -0.15) is 11.3 Å². The highest BCUT2D eigenvalue weighted by Gasteiger charge is 2.07. The van der Waals surface area contributed by atoms with Crippen molar-refractivity contribution in [3.8, 4) is 0 Å². The van der Waals surface area contributed by atoms with E-state index in [2.05, 4.69) is 19.2 Å². The van der Waals surface area contributed by atoms with E-state index in [1.807, 2.05) is 5.38 Å². The number of esters is 1. The average Bonchev–Trinajstić information content (AvgIpc) is 2.81. The molecule has 0 spiro atoms. The van der Waals surface area contributed by atoms with Crippen LogP contribution in [-0.2, 0) is 9.53 Å². The molecule has 0 bridgehead atoms. The summed E-state index contributed by atoms with van der Waals surface area (Å²) in [5.74, 6) is 0.114. The number of nitrogens with one attached hydrogen (secondary N) is 1. The van der Waals surface area contributed by atoms with Gasteiger partial charge in [0.05, 0.1) is 13.0 Å². The maximum Gasteiger partial charge on any atom is 0.307 e. The van der Waals surface area contributed by atoms with E-state index < -0.39 is 0 Å². The number of amides is 1. The Kier molecular flexibility index (Phi) is 6.43. The zero-order valence-corrected chi connectivity index (χ0v) is 11.6. The second-order valence-corrected chi connectivity index (χ2v) is 5.20. The van der Waals surface area contributed by atoms with Crippen LogP contribution in [0.15, 0.2) is 16.8 Å². The summed E-state index contributed by atoms with van der Waals surface area (Å²) in [4.78, 5) is 22.9. The number of hydrogen-bond acceptors (Lipinski definition) is 4. The molecule has 100 valence electrons. The molecule has 0 aromatic carbocycles. The number of carbonyl (C=O) groups is 2. The van der Waals surface area contributed by atoms with Gasteiger partial charge in [0.1, 0.15) is 0 Å². The Labute approximate surface area is 111 Å². The summed E-state index contributed by atoms with van der Waals surface area (Å²) in [6, 6.07) is 1.75. The molecule has 1 aromatic heterocycles. The highest BCUT2D eigenvalue weighted by Crippen LogP contribution is 2.05. The van der Waals surface area contributed by atoms with E-state index in [0.29, 0.717) is 24.6 Å². The van der Waals surface area contributed by atoms with Gasteiger partial charge in [-0.15, -0.1) is 0 Å². The van der Waals surface area contributed by atoms with Gasteiger partial charge in [0.15, 0.2) is 0 Å². The van der Waals surface area contributed by atoms with Gasteiger partial charge in [0.2, 0.25) is 0 Å². The molecule has 1 heterocycles. The molecule has 18 heavy (non-hydrogen) atoms. The van der Waals surface area contributed by atoms with Crippen LogP contribution in [0, 0.1) is 5.92 Å². The first kappa shape index (κ1) is 14.7. The third-order valence-corrected chi connectivity index (χ3v) is 3.04. The van der Waals surface area contributed by atoms with E-state index in [9.17, 15) is 9.59 Å². The first-order chi connectivity index (χ1) is 8.59. The van der Waals surface area contributed by atoms with Gasteiger partial charge in [-0.3, -0.25) is 9.59 Å². The lowest BCUT2D eigenvalue weighted by Gasteiger charge is -2.07. The molecular weight excluding hydrogens is 250 g/mol. The highest BCUT2D eigenvalue weighted by molar-refractivity contribution is 7.08. The number of thiophene rings is 1. The Morgan fingerprint density at radius 1 is 1.44 bits per heavy atom.